The fourth-order valence-electron chi connectivity index (χ4n) is 2.93. The van der Waals surface area contributed by atoms with Crippen molar-refractivity contribution in [3.05, 3.63) is 33.0 Å². The van der Waals surface area contributed by atoms with Crippen LogP contribution in [0.3, 0.4) is 0 Å². The van der Waals surface area contributed by atoms with Gasteiger partial charge in [-0.15, -0.1) is 22.7 Å². The first-order valence-corrected chi connectivity index (χ1v) is 10.5. The van der Waals surface area contributed by atoms with Crippen LogP contribution in [0.15, 0.2) is 12.1 Å². The van der Waals surface area contributed by atoms with Crippen molar-refractivity contribution in [2.24, 2.45) is 0 Å². The van der Waals surface area contributed by atoms with Gasteiger partial charge in [-0.25, -0.2) is 0 Å². The quantitative estimate of drug-likeness (QED) is 0.612. The average Bonchev–Trinajstić information content (AvgIpc) is 3.01. The maximum absolute atomic E-state index is 2.40. The van der Waals surface area contributed by atoms with Crippen LogP contribution in [0.4, 0.5) is 0 Å². The Morgan fingerprint density at radius 3 is 1.42 bits per heavy atom. The molecular weight excluding hydrogens is 332 g/mol. The molecule has 0 aliphatic heterocycles. The molecule has 2 nitrogen and oxygen atoms in total. The zero-order valence-corrected chi connectivity index (χ0v) is 17.7. The van der Waals surface area contributed by atoms with E-state index in [1.807, 2.05) is 22.7 Å². The molecule has 2 heterocycles. The first-order valence-electron chi connectivity index (χ1n) is 8.85. The molecule has 0 aromatic carbocycles. The summed E-state index contributed by atoms with van der Waals surface area (Å²) in [7, 11) is 8.60. The normalized spacial score (nSPS) is 11.8. The van der Waals surface area contributed by atoms with Crippen molar-refractivity contribution in [3.63, 3.8) is 0 Å². The van der Waals surface area contributed by atoms with Crippen LogP contribution in [0, 0.1) is 13.8 Å². The minimum Gasteiger partial charge on any atom is -0.309 e. The van der Waals surface area contributed by atoms with E-state index in [0.29, 0.717) is 0 Å². The van der Waals surface area contributed by atoms with E-state index in [9.17, 15) is 0 Å². The first-order chi connectivity index (χ1) is 11.4. The summed E-state index contributed by atoms with van der Waals surface area (Å²) < 4.78 is 0. The van der Waals surface area contributed by atoms with Crippen molar-refractivity contribution in [3.8, 4) is 9.75 Å². The molecule has 0 N–H and O–H groups in total. The predicted molar refractivity (Wildman–Crippen MR) is 111 cm³/mol. The van der Waals surface area contributed by atoms with Crippen LogP contribution in [-0.2, 0) is 12.8 Å². The van der Waals surface area contributed by atoms with E-state index >= 15 is 0 Å². The molecule has 2 aromatic rings. The zero-order chi connectivity index (χ0) is 17.7. The third-order valence-corrected chi connectivity index (χ3v) is 6.96. The molecule has 0 bridgehead atoms. The number of rotatable bonds is 9. The minimum absolute atomic E-state index is 1.17. The van der Waals surface area contributed by atoms with Gasteiger partial charge in [-0.1, -0.05) is 0 Å². The van der Waals surface area contributed by atoms with Gasteiger partial charge < -0.3 is 9.80 Å². The molecule has 2 rings (SSSR count). The maximum Gasteiger partial charge on any atom is 0.0477 e. The number of thiophene rings is 2. The van der Waals surface area contributed by atoms with Crippen molar-refractivity contribution < 1.29 is 0 Å². The fraction of sp³-hybridized carbons (Fsp3) is 0.600. The lowest BCUT2D eigenvalue weighted by Gasteiger charge is -2.07. The lowest BCUT2D eigenvalue weighted by atomic mass is 10.1. The summed E-state index contributed by atoms with van der Waals surface area (Å²) >= 11 is 4.01. The largest absolute Gasteiger partial charge is 0.309 e. The molecule has 24 heavy (non-hydrogen) atoms. The first kappa shape index (κ1) is 19.6. The molecule has 0 radical (unpaired) electrons. The summed E-state index contributed by atoms with van der Waals surface area (Å²) in [6, 6.07) is 4.81. The lowest BCUT2D eigenvalue weighted by Crippen LogP contribution is -2.13. The van der Waals surface area contributed by atoms with E-state index in [4.69, 9.17) is 0 Å². The molecule has 134 valence electrons. The van der Waals surface area contributed by atoms with E-state index in [1.54, 1.807) is 0 Å². The van der Waals surface area contributed by atoms with Crippen LogP contribution >= 0.6 is 22.7 Å². The highest BCUT2D eigenvalue weighted by atomic mass is 32.1. The van der Waals surface area contributed by atoms with Gasteiger partial charge in [-0.2, -0.15) is 0 Å². The number of aryl methyl sites for hydroxylation is 4. The number of nitrogens with zero attached hydrogens (tertiary/aromatic N) is 2. The van der Waals surface area contributed by atoms with Gasteiger partial charge in [0.25, 0.3) is 0 Å². The summed E-state index contributed by atoms with van der Waals surface area (Å²) in [4.78, 5) is 10.6. The van der Waals surface area contributed by atoms with Gasteiger partial charge >= 0.3 is 0 Å². The van der Waals surface area contributed by atoms with Gasteiger partial charge in [0, 0.05) is 19.5 Å². The molecule has 0 amide bonds. The van der Waals surface area contributed by atoms with E-state index in [0.717, 1.165) is 0 Å². The van der Waals surface area contributed by atoms with Gasteiger partial charge in [0.1, 0.15) is 0 Å². The standard InChI is InChI=1S/C20H32N2S2/c1-15-13-17(9-7-11-21(3)4)23-19(15)20-16(2)14-18(24-20)10-8-12-22(5)6/h13-14H,7-12H2,1-6H3. The maximum atomic E-state index is 2.40. The molecule has 2 aromatic heterocycles. The molecule has 0 saturated carbocycles. The molecule has 0 unspecified atom stereocenters. The summed E-state index contributed by atoms with van der Waals surface area (Å²) in [6.07, 6.45) is 4.88. The Hall–Kier alpha value is -0.680. The average molecular weight is 365 g/mol. The molecule has 0 saturated heterocycles. The summed E-state index contributed by atoms with van der Waals surface area (Å²) in [5.74, 6) is 0. The van der Waals surface area contributed by atoms with Gasteiger partial charge in [0.05, 0.1) is 0 Å². The van der Waals surface area contributed by atoms with Crippen LogP contribution < -0.4 is 0 Å². The topological polar surface area (TPSA) is 6.48 Å². The Bertz CT molecular complexity index is 582. The lowest BCUT2D eigenvalue weighted by molar-refractivity contribution is 0.401. The Labute approximate surface area is 156 Å². The van der Waals surface area contributed by atoms with Crippen molar-refractivity contribution in [1.29, 1.82) is 0 Å². The van der Waals surface area contributed by atoms with Crippen LogP contribution in [0.2, 0.25) is 0 Å². The van der Waals surface area contributed by atoms with Crippen molar-refractivity contribution in [2.75, 3.05) is 41.3 Å². The van der Waals surface area contributed by atoms with Gasteiger partial charge in [-0.3, -0.25) is 0 Å². The van der Waals surface area contributed by atoms with Crippen molar-refractivity contribution in [2.45, 2.75) is 39.5 Å². The van der Waals surface area contributed by atoms with E-state index in [-0.39, 0.29) is 0 Å². The monoisotopic (exact) mass is 364 g/mol. The Morgan fingerprint density at radius 2 is 1.08 bits per heavy atom. The third kappa shape index (κ3) is 5.69. The van der Waals surface area contributed by atoms with Crippen molar-refractivity contribution >= 4 is 22.7 Å². The van der Waals surface area contributed by atoms with Crippen LogP contribution in [0.25, 0.3) is 9.75 Å². The highest BCUT2D eigenvalue weighted by Crippen LogP contribution is 2.40. The van der Waals surface area contributed by atoms with E-state index in [2.05, 4.69) is 64.0 Å². The van der Waals surface area contributed by atoms with E-state index < -0.39 is 0 Å². The molecule has 0 fully saturated rings. The fourth-order valence-corrected chi connectivity index (χ4v) is 5.62. The molecule has 0 spiro atoms. The predicted octanol–water partition coefficient (Wildman–Crippen LogP) is 5.08. The second-order valence-electron chi connectivity index (χ2n) is 7.26. The van der Waals surface area contributed by atoms with Gasteiger partial charge in [-0.05, 0) is 104 Å². The zero-order valence-electron chi connectivity index (χ0n) is 16.1. The summed E-state index contributed by atoms with van der Waals surface area (Å²) in [5, 5.41) is 0. The summed E-state index contributed by atoms with van der Waals surface area (Å²) in [5.41, 5.74) is 2.90. The number of hydrogen-bond acceptors (Lipinski definition) is 4. The Balaban J connectivity index is 2.05. The van der Waals surface area contributed by atoms with Crippen LogP contribution in [-0.4, -0.2) is 51.1 Å². The summed E-state index contributed by atoms with van der Waals surface area (Å²) in [6.45, 7) is 6.87. The number of hydrogen-bond donors (Lipinski definition) is 0. The third-order valence-electron chi connectivity index (χ3n) is 4.20. The molecule has 4 heteroatoms. The highest BCUT2D eigenvalue weighted by molar-refractivity contribution is 7.22. The SMILES string of the molecule is Cc1cc(CCCN(C)C)sc1-c1sc(CCCN(C)C)cc1C. The van der Waals surface area contributed by atoms with Gasteiger partial charge in [0.2, 0.25) is 0 Å². The van der Waals surface area contributed by atoms with E-state index in [1.165, 1.54) is 69.4 Å². The Kier molecular flexibility index (Phi) is 7.48. The minimum atomic E-state index is 1.17. The second kappa shape index (κ2) is 9.14. The van der Waals surface area contributed by atoms with Crippen LogP contribution in [0.1, 0.15) is 33.7 Å². The molecule has 0 aliphatic rings. The van der Waals surface area contributed by atoms with Gasteiger partial charge in [0.15, 0.2) is 0 Å². The second-order valence-corrected chi connectivity index (χ2v) is 9.54. The smallest absolute Gasteiger partial charge is 0.0477 e. The molecular formula is C20H32N2S2. The van der Waals surface area contributed by atoms with Crippen LogP contribution in [0.5, 0.6) is 0 Å². The molecule has 0 aliphatic carbocycles. The Morgan fingerprint density at radius 1 is 0.708 bits per heavy atom. The van der Waals surface area contributed by atoms with Crippen molar-refractivity contribution in [1.82, 2.24) is 9.80 Å². The molecule has 0 atom stereocenters. The highest BCUT2D eigenvalue weighted by Gasteiger charge is 2.14.